The number of rotatable bonds is 6. The van der Waals surface area contributed by atoms with Crippen molar-refractivity contribution >= 4 is 17.7 Å². The van der Waals surface area contributed by atoms with Crippen LogP contribution >= 0.6 is 0 Å². The van der Waals surface area contributed by atoms with Crippen molar-refractivity contribution in [2.45, 2.75) is 51.2 Å². The van der Waals surface area contributed by atoms with Gasteiger partial charge in [-0.05, 0) is 33.1 Å². The third kappa shape index (κ3) is 3.95. The molecule has 3 N–H and O–H groups in total. The van der Waals surface area contributed by atoms with Gasteiger partial charge in [0.15, 0.2) is 11.6 Å². The van der Waals surface area contributed by atoms with Crippen LogP contribution in [0.4, 0.5) is 0 Å². The maximum Gasteiger partial charge on any atom is 0.333 e. The number of hydrogen-bond acceptors (Lipinski definition) is 5. The van der Waals surface area contributed by atoms with Gasteiger partial charge in [-0.15, -0.1) is 0 Å². The average Bonchev–Trinajstić information content (AvgIpc) is 2.36. The Balaban J connectivity index is 2.58. The maximum absolute atomic E-state index is 12.0. The summed E-state index contributed by atoms with van der Waals surface area (Å²) in [5.74, 6) is -0.522. The number of nitriles is 1. The normalized spacial score (nSPS) is 25.4. The van der Waals surface area contributed by atoms with Crippen LogP contribution in [0.15, 0.2) is 0 Å². The van der Waals surface area contributed by atoms with Crippen LogP contribution in [0.25, 0.3) is 0 Å². The molecule has 0 aromatic rings. The smallest absolute Gasteiger partial charge is 0.333 e. The molecule has 0 aromatic heterocycles. The lowest BCUT2D eigenvalue weighted by Gasteiger charge is -2.36. The minimum Gasteiger partial charge on any atom is -0.451 e. The lowest BCUT2D eigenvalue weighted by atomic mass is 9.87. The van der Waals surface area contributed by atoms with Gasteiger partial charge in [0.25, 0.3) is 5.91 Å². The van der Waals surface area contributed by atoms with E-state index in [1.807, 2.05) is 6.07 Å². The highest BCUT2D eigenvalue weighted by atomic mass is 16.6. The standard InChI is InChI=1S/C13H20N4O3/c1-9-11(18)17-13(6-7-14,12(19)20-9)5-3-4-8-16-10(2)15/h9H,3-6,8H2,1-2H3,(H2,15,16)(H,17,18). The van der Waals surface area contributed by atoms with Crippen LogP contribution in [-0.4, -0.2) is 35.9 Å². The molecule has 0 aromatic carbocycles. The summed E-state index contributed by atoms with van der Waals surface area (Å²) in [5.41, 5.74) is -1.22. The van der Waals surface area contributed by atoms with Crippen LogP contribution in [0.5, 0.6) is 0 Å². The zero-order valence-electron chi connectivity index (χ0n) is 11.8. The summed E-state index contributed by atoms with van der Waals surface area (Å²) >= 11 is 0. The SMILES string of the molecule is CC(=N)NCCCCC1(CC#N)NC(=O)C(C)OC1=O. The van der Waals surface area contributed by atoms with Crippen LogP contribution < -0.4 is 10.6 Å². The number of amidine groups is 1. The quantitative estimate of drug-likeness (QED) is 0.283. The van der Waals surface area contributed by atoms with Crippen molar-refractivity contribution in [3.05, 3.63) is 0 Å². The Labute approximate surface area is 118 Å². The number of nitrogens with zero attached hydrogens (tertiary/aromatic N) is 1. The van der Waals surface area contributed by atoms with Gasteiger partial charge in [-0.3, -0.25) is 10.2 Å². The van der Waals surface area contributed by atoms with Gasteiger partial charge in [-0.1, -0.05) is 0 Å². The number of cyclic esters (lactones) is 1. The maximum atomic E-state index is 12.0. The van der Waals surface area contributed by atoms with E-state index in [0.717, 1.165) is 6.42 Å². The topological polar surface area (TPSA) is 115 Å². The molecule has 20 heavy (non-hydrogen) atoms. The lowest BCUT2D eigenvalue weighted by molar-refractivity contribution is -0.171. The Morgan fingerprint density at radius 3 is 2.85 bits per heavy atom. The number of nitrogens with one attached hydrogen (secondary N) is 3. The molecule has 2 unspecified atom stereocenters. The lowest BCUT2D eigenvalue weighted by Crippen LogP contribution is -2.62. The van der Waals surface area contributed by atoms with E-state index in [9.17, 15) is 9.59 Å². The molecule has 0 radical (unpaired) electrons. The van der Waals surface area contributed by atoms with Crippen molar-refractivity contribution in [2.24, 2.45) is 0 Å². The zero-order chi connectivity index (χ0) is 15.2. The van der Waals surface area contributed by atoms with Crippen molar-refractivity contribution in [3.8, 4) is 6.07 Å². The van der Waals surface area contributed by atoms with Crippen LogP contribution in [0.3, 0.4) is 0 Å². The molecule has 0 bridgehead atoms. The Morgan fingerprint density at radius 1 is 1.55 bits per heavy atom. The number of esters is 1. The van der Waals surface area contributed by atoms with E-state index >= 15 is 0 Å². The number of carbonyl (C=O) groups is 2. The summed E-state index contributed by atoms with van der Waals surface area (Å²) in [4.78, 5) is 23.7. The van der Waals surface area contributed by atoms with Gasteiger partial charge in [0.1, 0.15) is 0 Å². The molecule has 0 spiro atoms. The van der Waals surface area contributed by atoms with Crippen LogP contribution in [0.2, 0.25) is 0 Å². The second-order valence-electron chi connectivity index (χ2n) is 4.96. The number of hydrogen-bond donors (Lipinski definition) is 3. The first kappa shape index (κ1) is 16.0. The summed E-state index contributed by atoms with van der Waals surface area (Å²) in [6.07, 6.45) is 0.836. The fraction of sp³-hybridized carbons (Fsp3) is 0.692. The fourth-order valence-electron chi connectivity index (χ4n) is 2.05. The number of amides is 1. The number of ether oxygens (including phenoxy) is 1. The Morgan fingerprint density at radius 2 is 2.25 bits per heavy atom. The second kappa shape index (κ2) is 6.89. The van der Waals surface area contributed by atoms with Gasteiger partial charge in [0, 0.05) is 6.54 Å². The Kier molecular flexibility index (Phi) is 5.50. The van der Waals surface area contributed by atoms with Crippen LogP contribution in [-0.2, 0) is 14.3 Å². The van der Waals surface area contributed by atoms with E-state index in [1.54, 1.807) is 6.92 Å². The first-order valence-corrected chi connectivity index (χ1v) is 6.60. The van der Waals surface area contributed by atoms with E-state index < -0.39 is 17.6 Å². The predicted molar refractivity (Wildman–Crippen MR) is 71.9 cm³/mol. The van der Waals surface area contributed by atoms with Gasteiger partial charge in [-0.2, -0.15) is 5.26 Å². The molecule has 7 nitrogen and oxygen atoms in total. The largest absolute Gasteiger partial charge is 0.451 e. The van der Waals surface area contributed by atoms with E-state index in [4.69, 9.17) is 15.4 Å². The molecule has 1 amide bonds. The molecule has 2 atom stereocenters. The molecule has 1 heterocycles. The van der Waals surface area contributed by atoms with Crippen molar-refractivity contribution in [2.75, 3.05) is 6.54 Å². The first-order chi connectivity index (χ1) is 9.41. The third-order valence-electron chi connectivity index (χ3n) is 3.21. The van der Waals surface area contributed by atoms with Crippen molar-refractivity contribution in [1.82, 2.24) is 10.6 Å². The molecule has 1 aliphatic rings. The molecule has 1 fully saturated rings. The fourth-order valence-corrected chi connectivity index (χ4v) is 2.05. The molecular weight excluding hydrogens is 260 g/mol. The molecule has 1 aliphatic heterocycles. The van der Waals surface area contributed by atoms with Crippen molar-refractivity contribution in [3.63, 3.8) is 0 Å². The second-order valence-corrected chi connectivity index (χ2v) is 4.96. The van der Waals surface area contributed by atoms with Crippen molar-refractivity contribution < 1.29 is 14.3 Å². The molecule has 1 rings (SSSR count). The monoisotopic (exact) mass is 280 g/mol. The minimum absolute atomic E-state index is 0.0959. The van der Waals surface area contributed by atoms with Crippen LogP contribution in [0, 0.1) is 16.7 Å². The molecular formula is C13H20N4O3. The highest BCUT2D eigenvalue weighted by molar-refractivity contribution is 5.95. The van der Waals surface area contributed by atoms with E-state index in [-0.39, 0.29) is 12.3 Å². The minimum atomic E-state index is -1.22. The molecule has 0 saturated carbocycles. The van der Waals surface area contributed by atoms with E-state index in [1.165, 1.54) is 6.92 Å². The van der Waals surface area contributed by atoms with Crippen molar-refractivity contribution in [1.29, 1.82) is 10.7 Å². The summed E-state index contributed by atoms with van der Waals surface area (Å²) in [7, 11) is 0. The number of morpholine rings is 1. The molecule has 1 saturated heterocycles. The van der Waals surface area contributed by atoms with Crippen LogP contribution in [0.1, 0.15) is 39.5 Å². The highest BCUT2D eigenvalue weighted by Crippen LogP contribution is 2.24. The third-order valence-corrected chi connectivity index (χ3v) is 3.21. The first-order valence-electron chi connectivity index (χ1n) is 6.60. The highest BCUT2D eigenvalue weighted by Gasteiger charge is 2.46. The van der Waals surface area contributed by atoms with Gasteiger partial charge in [0.2, 0.25) is 0 Å². The predicted octanol–water partition coefficient (Wildman–Crippen LogP) is 0.457. The summed E-state index contributed by atoms with van der Waals surface area (Å²) < 4.78 is 5.01. The Bertz CT molecular complexity index is 443. The average molecular weight is 280 g/mol. The summed E-state index contributed by atoms with van der Waals surface area (Å²) in [6, 6.07) is 1.94. The summed E-state index contributed by atoms with van der Waals surface area (Å²) in [5, 5.41) is 21.6. The zero-order valence-corrected chi connectivity index (χ0v) is 11.8. The molecule has 110 valence electrons. The van der Waals surface area contributed by atoms with Gasteiger partial charge < -0.3 is 15.4 Å². The number of carbonyl (C=O) groups excluding carboxylic acids is 2. The van der Waals surface area contributed by atoms with E-state index in [2.05, 4.69) is 10.6 Å². The molecule has 0 aliphatic carbocycles. The molecule has 7 heteroatoms. The summed E-state index contributed by atoms with van der Waals surface area (Å²) in [6.45, 7) is 3.77. The van der Waals surface area contributed by atoms with Gasteiger partial charge >= 0.3 is 5.97 Å². The van der Waals surface area contributed by atoms with Gasteiger partial charge in [0.05, 0.1) is 18.3 Å². The number of unbranched alkanes of at least 4 members (excludes halogenated alkanes) is 1. The van der Waals surface area contributed by atoms with E-state index in [0.29, 0.717) is 25.2 Å². The van der Waals surface area contributed by atoms with Gasteiger partial charge in [-0.25, -0.2) is 4.79 Å². The Hall–Kier alpha value is -2.10.